The molecule has 1 fully saturated rings. The highest BCUT2D eigenvalue weighted by atomic mass is 32.2. The average Bonchev–Trinajstić information content (AvgIpc) is 2.62. The third-order valence-corrected chi connectivity index (χ3v) is 5.72. The minimum Gasteiger partial charge on any atom is -0.379 e. The summed E-state index contributed by atoms with van der Waals surface area (Å²) in [5.74, 6) is 0. The molecule has 1 heterocycles. The maximum atomic E-state index is 12.4. The highest BCUT2D eigenvalue weighted by Gasteiger charge is 2.14. The molecule has 0 radical (unpaired) electrons. The van der Waals surface area contributed by atoms with Crippen LogP contribution in [0.2, 0.25) is 0 Å². The molecule has 2 aromatic carbocycles. The Morgan fingerprint density at radius 3 is 2.44 bits per heavy atom. The molecule has 3 rings (SSSR count). The quantitative estimate of drug-likeness (QED) is 0.859. The minimum absolute atomic E-state index is 0.285. The van der Waals surface area contributed by atoms with Gasteiger partial charge in [-0.15, -0.1) is 0 Å². The van der Waals surface area contributed by atoms with Crippen molar-refractivity contribution in [3.63, 3.8) is 0 Å². The number of morpholine rings is 1. The van der Waals surface area contributed by atoms with E-state index in [4.69, 9.17) is 4.74 Å². The van der Waals surface area contributed by atoms with Gasteiger partial charge in [0, 0.05) is 26.2 Å². The van der Waals surface area contributed by atoms with Crippen molar-refractivity contribution in [2.45, 2.75) is 24.9 Å². The van der Waals surface area contributed by atoms with E-state index < -0.39 is 10.0 Å². The lowest BCUT2D eigenvalue weighted by molar-refractivity contribution is 0.0342. The fraction of sp³-hybridized carbons (Fsp3) is 0.368. The van der Waals surface area contributed by atoms with Crippen LogP contribution in [0.4, 0.5) is 0 Å². The molecular formula is C19H24N2O3S. The summed E-state index contributed by atoms with van der Waals surface area (Å²) in [6.07, 6.45) is 0. The van der Waals surface area contributed by atoms with Crippen LogP contribution in [0.5, 0.6) is 0 Å². The molecule has 0 bridgehead atoms. The number of aryl methyl sites for hydroxylation is 1. The van der Waals surface area contributed by atoms with Gasteiger partial charge in [-0.1, -0.05) is 42.0 Å². The maximum absolute atomic E-state index is 12.4. The van der Waals surface area contributed by atoms with Gasteiger partial charge in [0.1, 0.15) is 0 Å². The summed E-state index contributed by atoms with van der Waals surface area (Å²) in [6, 6.07) is 14.9. The molecular weight excluding hydrogens is 336 g/mol. The molecule has 0 atom stereocenters. The lowest BCUT2D eigenvalue weighted by atomic mass is 10.1. The average molecular weight is 360 g/mol. The van der Waals surface area contributed by atoms with Gasteiger partial charge in [-0.3, -0.25) is 4.90 Å². The van der Waals surface area contributed by atoms with Gasteiger partial charge in [0.05, 0.1) is 18.1 Å². The van der Waals surface area contributed by atoms with Crippen LogP contribution in [0.3, 0.4) is 0 Å². The fourth-order valence-corrected chi connectivity index (χ4v) is 3.85. The summed E-state index contributed by atoms with van der Waals surface area (Å²) in [4.78, 5) is 2.64. The number of ether oxygens (including phenoxy) is 1. The third-order valence-electron chi connectivity index (χ3n) is 4.30. The summed E-state index contributed by atoms with van der Waals surface area (Å²) in [6.45, 7) is 6.50. The van der Waals surface area contributed by atoms with Crippen molar-refractivity contribution in [2.75, 3.05) is 26.3 Å². The maximum Gasteiger partial charge on any atom is 0.240 e. The van der Waals surface area contributed by atoms with Gasteiger partial charge in [0.25, 0.3) is 0 Å². The number of nitrogens with zero attached hydrogens (tertiary/aromatic N) is 1. The van der Waals surface area contributed by atoms with Gasteiger partial charge >= 0.3 is 0 Å². The second kappa shape index (κ2) is 8.10. The number of rotatable bonds is 6. The van der Waals surface area contributed by atoms with E-state index in [-0.39, 0.29) is 6.54 Å². The first-order chi connectivity index (χ1) is 12.0. The van der Waals surface area contributed by atoms with Gasteiger partial charge in [-0.05, 0) is 30.2 Å². The predicted molar refractivity (Wildman–Crippen MR) is 97.7 cm³/mol. The standard InChI is InChI=1S/C19H24N2O3S/c1-16-5-7-19(8-6-16)25(22,23)20-14-17-3-2-4-18(13-17)15-21-9-11-24-12-10-21/h2-8,13,20H,9-12,14-15H2,1H3. The molecule has 1 aliphatic rings. The lowest BCUT2D eigenvalue weighted by Crippen LogP contribution is -2.35. The Labute approximate surface area is 149 Å². The Kier molecular flexibility index (Phi) is 5.86. The number of benzene rings is 2. The second-order valence-electron chi connectivity index (χ2n) is 6.35. The van der Waals surface area contributed by atoms with Crippen molar-refractivity contribution in [2.24, 2.45) is 0 Å². The Hall–Kier alpha value is -1.73. The first kappa shape index (κ1) is 18.1. The lowest BCUT2D eigenvalue weighted by Gasteiger charge is -2.26. The van der Waals surface area contributed by atoms with Crippen LogP contribution < -0.4 is 4.72 Å². The molecule has 0 amide bonds. The van der Waals surface area contributed by atoms with E-state index in [1.165, 1.54) is 5.56 Å². The van der Waals surface area contributed by atoms with Crippen molar-refractivity contribution in [1.29, 1.82) is 0 Å². The predicted octanol–water partition coefficient (Wildman–Crippen LogP) is 2.31. The molecule has 0 aliphatic carbocycles. The Morgan fingerprint density at radius 1 is 1.04 bits per heavy atom. The summed E-state index contributed by atoms with van der Waals surface area (Å²) >= 11 is 0. The molecule has 0 aromatic heterocycles. The van der Waals surface area contributed by atoms with Crippen molar-refractivity contribution in [1.82, 2.24) is 9.62 Å². The topological polar surface area (TPSA) is 58.6 Å². The van der Waals surface area contributed by atoms with E-state index in [0.29, 0.717) is 4.90 Å². The highest BCUT2D eigenvalue weighted by Crippen LogP contribution is 2.13. The van der Waals surface area contributed by atoms with Crippen molar-refractivity contribution >= 4 is 10.0 Å². The Balaban J connectivity index is 1.62. The zero-order valence-electron chi connectivity index (χ0n) is 14.4. The zero-order valence-corrected chi connectivity index (χ0v) is 15.3. The van der Waals surface area contributed by atoms with Crippen LogP contribution in [-0.4, -0.2) is 39.6 Å². The molecule has 2 aromatic rings. The van der Waals surface area contributed by atoms with Gasteiger partial charge in [-0.2, -0.15) is 0 Å². The molecule has 5 nitrogen and oxygen atoms in total. The SMILES string of the molecule is Cc1ccc(S(=O)(=O)NCc2cccc(CN3CCOCC3)c2)cc1. The van der Waals surface area contributed by atoms with E-state index >= 15 is 0 Å². The van der Waals surface area contributed by atoms with Crippen LogP contribution in [-0.2, 0) is 27.8 Å². The largest absolute Gasteiger partial charge is 0.379 e. The van der Waals surface area contributed by atoms with Gasteiger partial charge in [0.15, 0.2) is 0 Å². The van der Waals surface area contributed by atoms with E-state index in [1.807, 2.05) is 19.1 Å². The molecule has 0 saturated carbocycles. The Morgan fingerprint density at radius 2 is 1.72 bits per heavy atom. The number of nitrogens with one attached hydrogen (secondary N) is 1. The van der Waals surface area contributed by atoms with E-state index in [0.717, 1.165) is 44.0 Å². The van der Waals surface area contributed by atoms with E-state index in [9.17, 15) is 8.42 Å². The van der Waals surface area contributed by atoms with Crippen molar-refractivity contribution < 1.29 is 13.2 Å². The van der Waals surface area contributed by atoms with Gasteiger partial charge < -0.3 is 4.74 Å². The molecule has 6 heteroatoms. The fourth-order valence-electron chi connectivity index (χ4n) is 2.83. The van der Waals surface area contributed by atoms with Gasteiger partial charge in [-0.25, -0.2) is 13.1 Å². The molecule has 1 N–H and O–H groups in total. The van der Waals surface area contributed by atoms with Crippen LogP contribution >= 0.6 is 0 Å². The van der Waals surface area contributed by atoms with Gasteiger partial charge in [0.2, 0.25) is 10.0 Å². The Bertz CT molecular complexity index is 798. The van der Waals surface area contributed by atoms with Crippen LogP contribution in [0.15, 0.2) is 53.4 Å². The summed E-state index contributed by atoms with van der Waals surface area (Å²) < 4.78 is 32.8. The normalized spacial score (nSPS) is 16.0. The molecule has 1 aliphatic heterocycles. The van der Waals surface area contributed by atoms with E-state index in [1.54, 1.807) is 24.3 Å². The first-order valence-electron chi connectivity index (χ1n) is 8.47. The van der Waals surface area contributed by atoms with Crippen LogP contribution in [0, 0.1) is 6.92 Å². The van der Waals surface area contributed by atoms with Crippen molar-refractivity contribution in [3.8, 4) is 0 Å². The summed E-state index contributed by atoms with van der Waals surface area (Å²) in [5.41, 5.74) is 3.19. The minimum atomic E-state index is -3.49. The molecule has 1 saturated heterocycles. The summed E-state index contributed by atoms with van der Waals surface area (Å²) in [7, 11) is -3.49. The first-order valence-corrected chi connectivity index (χ1v) is 9.95. The van der Waals surface area contributed by atoms with E-state index in [2.05, 4.69) is 21.8 Å². The van der Waals surface area contributed by atoms with Crippen LogP contribution in [0.1, 0.15) is 16.7 Å². The summed E-state index contributed by atoms with van der Waals surface area (Å²) in [5, 5.41) is 0. The number of hydrogen-bond donors (Lipinski definition) is 1. The molecule has 134 valence electrons. The third kappa shape index (κ3) is 5.12. The monoisotopic (exact) mass is 360 g/mol. The smallest absolute Gasteiger partial charge is 0.240 e. The highest BCUT2D eigenvalue weighted by molar-refractivity contribution is 7.89. The molecule has 0 unspecified atom stereocenters. The number of hydrogen-bond acceptors (Lipinski definition) is 4. The number of sulfonamides is 1. The zero-order chi connectivity index (χ0) is 17.7. The second-order valence-corrected chi connectivity index (χ2v) is 8.11. The molecule has 0 spiro atoms. The van der Waals surface area contributed by atoms with Crippen LogP contribution in [0.25, 0.3) is 0 Å². The van der Waals surface area contributed by atoms with Crippen molar-refractivity contribution in [3.05, 3.63) is 65.2 Å². The molecule has 25 heavy (non-hydrogen) atoms.